The molecule has 0 radical (unpaired) electrons. The fourth-order valence-corrected chi connectivity index (χ4v) is 4.90. The van der Waals surface area contributed by atoms with Gasteiger partial charge in [-0.25, -0.2) is 22.6 Å². The van der Waals surface area contributed by atoms with E-state index in [0.29, 0.717) is 40.3 Å². The maximum Gasteiger partial charge on any atom is 0.328 e. The molecule has 0 spiro atoms. The van der Waals surface area contributed by atoms with Crippen LogP contribution in [-0.2, 0) is 9.84 Å². The molecular formula is C24H24FN3O5S. The highest BCUT2D eigenvalue weighted by atomic mass is 32.2. The summed E-state index contributed by atoms with van der Waals surface area (Å²) in [6.45, 7) is 2.19. The molecule has 0 saturated carbocycles. The molecule has 4 aromatic rings. The Hall–Kier alpha value is -3.66. The molecule has 8 nitrogen and oxygen atoms in total. The second-order valence-electron chi connectivity index (χ2n) is 7.79. The molecule has 1 atom stereocenters. The third-order valence-corrected chi connectivity index (χ3v) is 6.34. The number of benzene rings is 2. The average molecular weight is 486 g/mol. The van der Waals surface area contributed by atoms with Crippen molar-refractivity contribution in [2.24, 2.45) is 0 Å². The van der Waals surface area contributed by atoms with E-state index in [1.54, 1.807) is 42.5 Å². The number of nitrogens with one attached hydrogen (secondary N) is 1. The second-order valence-corrected chi connectivity index (χ2v) is 9.97. The summed E-state index contributed by atoms with van der Waals surface area (Å²) in [4.78, 5) is 20.3. The lowest BCUT2D eigenvalue weighted by atomic mass is 10.0. The van der Waals surface area contributed by atoms with Crippen molar-refractivity contribution in [3.05, 3.63) is 76.6 Å². The van der Waals surface area contributed by atoms with Crippen LogP contribution in [0.4, 0.5) is 4.39 Å². The van der Waals surface area contributed by atoms with E-state index in [-0.39, 0.29) is 11.4 Å². The number of ether oxygens (including phenoxy) is 2. The fourth-order valence-electron chi connectivity index (χ4n) is 3.99. The van der Waals surface area contributed by atoms with Gasteiger partial charge in [0.15, 0.2) is 17.1 Å². The van der Waals surface area contributed by atoms with Crippen LogP contribution in [0, 0.1) is 5.82 Å². The summed E-state index contributed by atoms with van der Waals surface area (Å²) >= 11 is 0. The topological polar surface area (TPSA) is 103 Å². The first kappa shape index (κ1) is 23.5. The van der Waals surface area contributed by atoms with E-state index in [0.717, 1.165) is 6.26 Å². The average Bonchev–Trinajstić information content (AvgIpc) is 3.13. The molecule has 2 aromatic heterocycles. The summed E-state index contributed by atoms with van der Waals surface area (Å²) in [6, 6.07) is 11.9. The van der Waals surface area contributed by atoms with Crippen LogP contribution in [-0.4, -0.2) is 48.7 Å². The van der Waals surface area contributed by atoms with Gasteiger partial charge in [-0.2, -0.15) is 0 Å². The summed E-state index contributed by atoms with van der Waals surface area (Å²) < 4.78 is 51.5. The zero-order valence-corrected chi connectivity index (χ0v) is 19.7. The summed E-state index contributed by atoms with van der Waals surface area (Å²) in [7, 11) is -2.02. The molecule has 4 rings (SSSR count). The van der Waals surface area contributed by atoms with Crippen molar-refractivity contribution in [3.8, 4) is 22.6 Å². The Morgan fingerprint density at radius 1 is 1.12 bits per heavy atom. The fraction of sp³-hybridized carbons (Fsp3) is 0.250. The Morgan fingerprint density at radius 3 is 2.56 bits per heavy atom. The third kappa shape index (κ3) is 4.54. The number of hydrogen-bond acceptors (Lipinski definition) is 6. The Kier molecular flexibility index (Phi) is 6.43. The van der Waals surface area contributed by atoms with E-state index in [1.807, 2.05) is 6.92 Å². The van der Waals surface area contributed by atoms with E-state index >= 15 is 0 Å². The lowest BCUT2D eigenvalue weighted by molar-refractivity contribution is 0.310. The standard InChI is InChI=1S/C24H24FN3O5S/c1-4-33-21-13-15(9-10-20(21)32-2)19(14-34(3,30)31)28-23-22(27-24(28)29)17(11-12-26-23)16-7-5-6-8-18(16)25/h5-13,19H,4,14H2,1-3H3,(H,27,29)/t19-/m0/s1. The van der Waals surface area contributed by atoms with Crippen molar-refractivity contribution in [1.82, 2.24) is 14.5 Å². The van der Waals surface area contributed by atoms with Crippen molar-refractivity contribution in [3.63, 3.8) is 0 Å². The summed E-state index contributed by atoms with van der Waals surface area (Å²) in [6.07, 6.45) is 2.57. The van der Waals surface area contributed by atoms with Crippen molar-refractivity contribution < 1.29 is 22.3 Å². The zero-order chi connectivity index (χ0) is 24.5. The molecule has 34 heavy (non-hydrogen) atoms. The number of aromatic amines is 1. The van der Waals surface area contributed by atoms with Gasteiger partial charge < -0.3 is 14.5 Å². The number of methoxy groups -OCH3 is 1. The number of nitrogens with zero attached hydrogens (tertiary/aromatic N) is 2. The van der Waals surface area contributed by atoms with Crippen LogP contribution >= 0.6 is 0 Å². The van der Waals surface area contributed by atoms with Gasteiger partial charge in [0.25, 0.3) is 0 Å². The molecule has 0 saturated heterocycles. The van der Waals surface area contributed by atoms with Gasteiger partial charge in [-0.3, -0.25) is 4.57 Å². The maximum atomic E-state index is 14.5. The molecule has 178 valence electrons. The Bertz CT molecular complexity index is 1510. The van der Waals surface area contributed by atoms with Crippen molar-refractivity contribution >= 4 is 21.0 Å². The minimum Gasteiger partial charge on any atom is -0.493 e. The molecule has 0 aliphatic heterocycles. The predicted molar refractivity (Wildman–Crippen MR) is 128 cm³/mol. The number of imidazole rings is 1. The van der Waals surface area contributed by atoms with E-state index in [2.05, 4.69) is 9.97 Å². The number of rotatable bonds is 8. The number of fused-ring (bicyclic) bond motifs is 1. The van der Waals surface area contributed by atoms with Gasteiger partial charge in [-0.15, -0.1) is 0 Å². The Balaban J connectivity index is 1.96. The highest BCUT2D eigenvalue weighted by molar-refractivity contribution is 7.90. The van der Waals surface area contributed by atoms with Crippen LogP contribution in [0.2, 0.25) is 0 Å². The lowest BCUT2D eigenvalue weighted by Crippen LogP contribution is -2.28. The van der Waals surface area contributed by atoms with Crippen LogP contribution in [0.15, 0.2) is 59.5 Å². The highest BCUT2D eigenvalue weighted by Crippen LogP contribution is 2.34. The maximum absolute atomic E-state index is 14.5. The van der Waals surface area contributed by atoms with Gasteiger partial charge >= 0.3 is 5.69 Å². The second kappa shape index (κ2) is 9.30. The molecule has 10 heteroatoms. The molecule has 0 fully saturated rings. The molecule has 0 aliphatic carbocycles. The number of halogens is 1. The number of aromatic nitrogens is 3. The highest BCUT2D eigenvalue weighted by Gasteiger charge is 2.26. The van der Waals surface area contributed by atoms with Crippen molar-refractivity contribution in [2.75, 3.05) is 25.7 Å². The first-order valence-electron chi connectivity index (χ1n) is 10.6. The summed E-state index contributed by atoms with van der Waals surface area (Å²) in [5, 5.41) is 0. The SMILES string of the molecule is CCOc1cc([C@H](CS(C)(=O)=O)n2c(=O)[nH]c3c(-c4ccccc4F)ccnc32)ccc1OC. The van der Waals surface area contributed by atoms with Crippen molar-refractivity contribution in [1.29, 1.82) is 0 Å². The summed E-state index contributed by atoms with van der Waals surface area (Å²) in [5.41, 5.74) is 1.24. The number of hydrogen-bond donors (Lipinski definition) is 1. The van der Waals surface area contributed by atoms with E-state index in [4.69, 9.17) is 9.47 Å². The van der Waals surface area contributed by atoms with Crippen LogP contribution in [0.3, 0.4) is 0 Å². The number of H-pyrrole nitrogens is 1. The largest absolute Gasteiger partial charge is 0.493 e. The molecule has 2 heterocycles. The quantitative estimate of drug-likeness (QED) is 0.409. The van der Waals surface area contributed by atoms with Crippen LogP contribution < -0.4 is 15.2 Å². The minimum atomic E-state index is -3.53. The van der Waals surface area contributed by atoms with Gasteiger partial charge in [-0.05, 0) is 36.8 Å². The Labute approximate surface area is 195 Å². The molecule has 0 unspecified atom stereocenters. The van der Waals surface area contributed by atoms with Gasteiger partial charge in [-0.1, -0.05) is 24.3 Å². The van der Waals surface area contributed by atoms with Gasteiger partial charge in [0.2, 0.25) is 0 Å². The molecule has 0 amide bonds. The molecule has 2 aromatic carbocycles. The molecule has 1 N–H and O–H groups in total. The smallest absolute Gasteiger partial charge is 0.328 e. The number of sulfone groups is 1. The number of pyridine rings is 1. The molecular weight excluding hydrogens is 461 g/mol. The van der Waals surface area contributed by atoms with E-state index in [9.17, 15) is 17.6 Å². The van der Waals surface area contributed by atoms with Crippen LogP contribution in [0.5, 0.6) is 11.5 Å². The van der Waals surface area contributed by atoms with Gasteiger partial charge in [0.05, 0.1) is 31.0 Å². The van der Waals surface area contributed by atoms with Crippen LogP contribution in [0.25, 0.3) is 22.3 Å². The first-order chi connectivity index (χ1) is 16.2. The van der Waals surface area contributed by atoms with Crippen LogP contribution in [0.1, 0.15) is 18.5 Å². The third-order valence-electron chi connectivity index (χ3n) is 5.42. The lowest BCUT2D eigenvalue weighted by Gasteiger charge is -2.20. The Morgan fingerprint density at radius 2 is 1.88 bits per heavy atom. The normalized spacial score (nSPS) is 12.6. The summed E-state index contributed by atoms with van der Waals surface area (Å²) in [5.74, 6) is 0.0974. The zero-order valence-electron chi connectivity index (χ0n) is 18.9. The van der Waals surface area contributed by atoms with Gasteiger partial charge in [0, 0.05) is 23.6 Å². The van der Waals surface area contributed by atoms with E-state index in [1.165, 1.54) is 23.9 Å². The molecule has 0 aliphatic rings. The molecule has 0 bridgehead atoms. The van der Waals surface area contributed by atoms with Crippen molar-refractivity contribution in [2.45, 2.75) is 13.0 Å². The monoisotopic (exact) mass is 485 g/mol. The minimum absolute atomic E-state index is 0.216. The first-order valence-corrected chi connectivity index (χ1v) is 12.6. The van der Waals surface area contributed by atoms with E-state index < -0.39 is 27.4 Å². The van der Waals surface area contributed by atoms with Gasteiger partial charge in [0.1, 0.15) is 15.7 Å². The predicted octanol–water partition coefficient (Wildman–Crippen LogP) is 3.57.